The van der Waals surface area contributed by atoms with E-state index in [1.54, 1.807) is 0 Å². The van der Waals surface area contributed by atoms with E-state index in [4.69, 9.17) is 0 Å². The lowest BCUT2D eigenvalue weighted by Crippen LogP contribution is -2.44. The van der Waals surface area contributed by atoms with Crippen molar-refractivity contribution in [2.24, 2.45) is 11.3 Å². The zero-order chi connectivity index (χ0) is 12.2. The molecule has 0 spiro atoms. The molecule has 0 aromatic carbocycles. The highest BCUT2D eigenvalue weighted by Crippen LogP contribution is 2.30. The smallest absolute Gasteiger partial charge is 0.00927 e. The van der Waals surface area contributed by atoms with Crippen LogP contribution in [0.2, 0.25) is 0 Å². The van der Waals surface area contributed by atoms with Gasteiger partial charge in [-0.05, 0) is 42.9 Å². The van der Waals surface area contributed by atoms with E-state index >= 15 is 0 Å². The predicted molar refractivity (Wildman–Crippen MR) is 76.3 cm³/mol. The van der Waals surface area contributed by atoms with Gasteiger partial charge >= 0.3 is 0 Å². The molecule has 0 radical (unpaired) electrons. The summed E-state index contributed by atoms with van der Waals surface area (Å²) in [5.74, 6) is 1.72. The molecule has 0 aliphatic carbocycles. The molecule has 1 fully saturated rings. The van der Waals surface area contributed by atoms with Crippen LogP contribution in [-0.2, 0) is 0 Å². The molecule has 1 nitrogen and oxygen atoms in total. The highest BCUT2D eigenvalue weighted by molar-refractivity contribution is 7.80. The molecule has 0 aromatic heterocycles. The van der Waals surface area contributed by atoms with Crippen molar-refractivity contribution < 1.29 is 0 Å². The monoisotopic (exact) mass is 243 g/mol. The summed E-state index contributed by atoms with van der Waals surface area (Å²) in [4.78, 5) is 2.72. The molecule has 1 saturated heterocycles. The molecule has 0 amide bonds. The highest BCUT2D eigenvalue weighted by atomic mass is 32.1. The van der Waals surface area contributed by atoms with Gasteiger partial charge in [0.05, 0.1) is 0 Å². The summed E-state index contributed by atoms with van der Waals surface area (Å²) in [5.41, 5.74) is 0.386. The van der Waals surface area contributed by atoms with Gasteiger partial charge in [0.25, 0.3) is 0 Å². The van der Waals surface area contributed by atoms with Gasteiger partial charge in [0.1, 0.15) is 0 Å². The van der Waals surface area contributed by atoms with Crippen molar-refractivity contribution in [3.05, 3.63) is 0 Å². The summed E-state index contributed by atoms with van der Waals surface area (Å²) in [6, 6.07) is 0.832. The van der Waals surface area contributed by atoms with E-state index in [1.807, 2.05) is 0 Å². The minimum Gasteiger partial charge on any atom is -0.300 e. The Bertz CT molecular complexity index is 197. The first-order chi connectivity index (χ1) is 7.49. The third kappa shape index (κ3) is 3.96. The topological polar surface area (TPSA) is 3.24 Å². The van der Waals surface area contributed by atoms with Crippen molar-refractivity contribution in [1.29, 1.82) is 0 Å². The fraction of sp³-hybridized carbons (Fsp3) is 1.00. The predicted octanol–water partition coefficient (Wildman–Crippen LogP) is 3.84. The van der Waals surface area contributed by atoms with E-state index in [2.05, 4.69) is 45.2 Å². The van der Waals surface area contributed by atoms with Crippen molar-refractivity contribution in [3.63, 3.8) is 0 Å². The average molecular weight is 243 g/mol. The molecular formula is C14H29NS. The quantitative estimate of drug-likeness (QED) is 0.734. The molecule has 0 saturated carbocycles. The van der Waals surface area contributed by atoms with Crippen molar-refractivity contribution in [3.8, 4) is 0 Å². The first kappa shape index (κ1) is 14.4. The van der Waals surface area contributed by atoms with Crippen LogP contribution in [-0.4, -0.2) is 29.8 Å². The van der Waals surface area contributed by atoms with Gasteiger partial charge in [-0.15, -0.1) is 0 Å². The summed E-state index contributed by atoms with van der Waals surface area (Å²) in [5, 5.41) is 0. The molecule has 1 aliphatic heterocycles. The minimum absolute atomic E-state index is 0.386. The molecule has 2 atom stereocenters. The molecule has 1 rings (SSSR count). The third-order valence-electron chi connectivity index (χ3n) is 4.12. The standard InChI is InChI=1S/C14H29NS/c1-5-13-8-6-7-9-15(13)10-12(11-16)14(2,3)4/h12-13,16H,5-11H2,1-4H3. The van der Waals surface area contributed by atoms with Crippen LogP contribution < -0.4 is 0 Å². The Kier molecular flexibility index (Phi) is 5.66. The van der Waals surface area contributed by atoms with Crippen molar-refractivity contribution in [1.82, 2.24) is 4.90 Å². The largest absolute Gasteiger partial charge is 0.300 e. The molecule has 0 aromatic rings. The van der Waals surface area contributed by atoms with Crippen LogP contribution in [0.3, 0.4) is 0 Å². The number of hydrogen-bond acceptors (Lipinski definition) is 2. The Balaban J connectivity index is 2.55. The number of hydrogen-bond donors (Lipinski definition) is 1. The summed E-state index contributed by atoms with van der Waals surface area (Å²) in [6.07, 6.45) is 5.53. The molecular weight excluding hydrogens is 214 g/mol. The maximum atomic E-state index is 4.54. The van der Waals surface area contributed by atoms with Crippen LogP contribution in [0.4, 0.5) is 0 Å². The van der Waals surface area contributed by atoms with Gasteiger partial charge in [-0.1, -0.05) is 34.1 Å². The fourth-order valence-electron chi connectivity index (χ4n) is 2.65. The van der Waals surface area contributed by atoms with Crippen LogP contribution in [0.5, 0.6) is 0 Å². The molecule has 0 N–H and O–H groups in total. The van der Waals surface area contributed by atoms with Gasteiger partial charge in [-0.3, -0.25) is 0 Å². The second-order valence-corrected chi connectivity index (χ2v) is 6.66. The molecule has 0 bridgehead atoms. The maximum Gasteiger partial charge on any atom is 0.00927 e. The second kappa shape index (κ2) is 6.30. The van der Waals surface area contributed by atoms with Crippen LogP contribution in [0.25, 0.3) is 0 Å². The summed E-state index contributed by atoms with van der Waals surface area (Å²) >= 11 is 4.54. The van der Waals surface area contributed by atoms with E-state index in [0.29, 0.717) is 11.3 Å². The van der Waals surface area contributed by atoms with Gasteiger partial charge in [0.2, 0.25) is 0 Å². The van der Waals surface area contributed by atoms with Crippen molar-refractivity contribution in [2.75, 3.05) is 18.8 Å². The summed E-state index contributed by atoms with van der Waals surface area (Å²) in [6.45, 7) is 11.9. The molecule has 1 aliphatic rings. The summed E-state index contributed by atoms with van der Waals surface area (Å²) < 4.78 is 0. The Morgan fingerprint density at radius 3 is 2.50 bits per heavy atom. The number of nitrogens with zero attached hydrogens (tertiary/aromatic N) is 1. The van der Waals surface area contributed by atoms with Crippen molar-refractivity contribution >= 4 is 12.6 Å². The number of rotatable bonds is 4. The Morgan fingerprint density at radius 2 is 2.00 bits per heavy atom. The fourth-order valence-corrected chi connectivity index (χ4v) is 3.31. The number of likely N-dealkylation sites (tertiary alicyclic amines) is 1. The number of piperidine rings is 1. The first-order valence-corrected chi connectivity index (χ1v) is 7.47. The van der Waals surface area contributed by atoms with E-state index in [-0.39, 0.29) is 0 Å². The van der Waals surface area contributed by atoms with E-state index in [9.17, 15) is 0 Å². The highest BCUT2D eigenvalue weighted by Gasteiger charge is 2.29. The Hall–Kier alpha value is 0.310. The van der Waals surface area contributed by atoms with E-state index in [1.165, 1.54) is 38.8 Å². The van der Waals surface area contributed by atoms with Gasteiger partial charge in [-0.2, -0.15) is 12.6 Å². The minimum atomic E-state index is 0.386. The van der Waals surface area contributed by atoms with Crippen LogP contribution in [0.1, 0.15) is 53.4 Å². The molecule has 1 heterocycles. The van der Waals surface area contributed by atoms with E-state index < -0.39 is 0 Å². The lowest BCUT2D eigenvalue weighted by molar-refractivity contribution is 0.0940. The first-order valence-electron chi connectivity index (χ1n) is 6.84. The maximum absolute atomic E-state index is 4.54. The number of thiol groups is 1. The second-order valence-electron chi connectivity index (χ2n) is 6.30. The van der Waals surface area contributed by atoms with Crippen LogP contribution in [0, 0.1) is 11.3 Å². The van der Waals surface area contributed by atoms with Gasteiger partial charge in [0, 0.05) is 12.6 Å². The molecule has 16 heavy (non-hydrogen) atoms. The zero-order valence-electron chi connectivity index (χ0n) is 11.5. The molecule has 96 valence electrons. The zero-order valence-corrected chi connectivity index (χ0v) is 12.4. The lowest BCUT2D eigenvalue weighted by atomic mass is 9.81. The molecule has 2 heteroatoms. The van der Waals surface area contributed by atoms with Gasteiger partial charge in [0.15, 0.2) is 0 Å². The van der Waals surface area contributed by atoms with Gasteiger partial charge in [-0.25, -0.2) is 0 Å². The average Bonchev–Trinajstić information content (AvgIpc) is 2.24. The SMILES string of the molecule is CCC1CCCCN1CC(CS)C(C)(C)C. The van der Waals surface area contributed by atoms with Crippen molar-refractivity contribution in [2.45, 2.75) is 59.4 Å². The third-order valence-corrected chi connectivity index (χ3v) is 4.56. The Labute approximate surface area is 107 Å². The summed E-state index contributed by atoms with van der Waals surface area (Å²) in [7, 11) is 0. The van der Waals surface area contributed by atoms with Crippen LogP contribution in [0.15, 0.2) is 0 Å². The van der Waals surface area contributed by atoms with E-state index in [0.717, 1.165) is 11.8 Å². The molecule has 2 unspecified atom stereocenters. The lowest BCUT2D eigenvalue weighted by Gasteiger charge is -2.40. The van der Waals surface area contributed by atoms with Gasteiger partial charge < -0.3 is 4.90 Å². The Morgan fingerprint density at radius 1 is 1.31 bits per heavy atom. The normalized spacial score (nSPS) is 25.7. The van der Waals surface area contributed by atoms with Crippen LogP contribution >= 0.6 is 12.6 Å².